The molecule has 0 aliphatic carbocycles. The third kappa shape index (κ3) is 6.94. The lowest BCUT2D eigenvalue weighted by Crippen LogP contribution is -2.30. The molecule has 0 saturated heterocycles. The van der Waals surface area contributed by atoms with Gasteiger partial charge in [0.15, 0.2) is 23.1 Å². The van der Waals surface area contributed by atoms with Gasteiger partial charge in [0.25, 0.3) is 0 Å². The van der Waals surface area contributed by atoms with Crippen LogP contribution in [0.4, 0.5) is 17.6 Å². The van der Waals surface area contributed by atoms with Crippen molar-refractivity contribution in [1.82, 2.24) is 0 Å². The molecule has 0 saturated carbocycles. The summed E-state index contributed by atoms with van der Waals surface area (Å²) < 4.78 is 53.9. The predicted octanol–water partition coefficient (Wildman–Crippen LogP) is 7.19. The van der Waals surface area contributed by atoms with Gasteiger partial charge >= 0.3 is 0 Å². The molecule has 40 heavy (non-hydrogen) atoms. The highest BCUT2D eigenvalue weighted by atomic mass is 33.1. The second kappa shape index (κ2) is 12.9. The van der Waals surface area contributed by atoms with Crippen LogP contribution < -0.4 is 0 Å². The molecule has 0 aromatic heterocycles. The van der Waals surface area contributed by atoms with Crippen LogP contribution in [0.1, 0.15) is 41.4 Å². The molecule has 4 rings (SSSR count). The number of ketones is 4. The lowest BCUT2D eigenvalue weighted by atomic mass is 10.0. The lowest BCUT2D eigenvalue weighted by Gasteiger charge is -2.19. The first-order chi connectivity index (χ1) is 19.1. The molecule has 0 N–H and O–H groups in total. The molecular weight excluding hydrogens is 564 g/mol. The Morgan fingerprint density at radius 1 is 0.375 bits per heavy atom. The largest absolute Gasteiger partial charge is 0.292 e. The van der Waals surface area contributed by atoms with Crippen molar-refractivity contribution in [2.75, 3.05) is 0 Å². The van der Waals surface area contributed by atoms with Gasteiger partial charge in [-0.1, -0.05) is 21.6 Å². The van der Waals surface area contributed by atoms with Gasteiger partial charge in [0.05, 0.1) is 0 Å². The fourth-order valence-corrected chi connectivity index (χ4v) is 6.42. The molecule has 4 aromatic carbocycles. The number of carbonyl (C=O) groups excluding carboxylic acids is 4. The van der Waals surface area contributed by atoms with Crippen LogP contribution in [0.2, 0.25) is 0 Å². The van der Waals surface area contributed by atoms with Crippen molar-refractivity contribution in [3.05, 3.63) is 143 Å². The molecule has 4 aromatic rings. The van der Waals surface area contributed by atoms with Gasteiger partial charge in [0.1, 0.15) is 33.8 Å². The first kappa shape index (κ1) is 29.0. The molecule has 202 valence electrons. The second-order valence-corrected chi connectivity index (χ2v) is 10.9. The molecule has 0 aliphatic heterocycles. The van der Waals surface area contributed by atoms with E-state index in [0.29, 0.717) is 21.6 Å². The Morgan fingerprint density at radius 3 is 0.725 bits per heavy atom. The summed E-state index contributed by atoms with van der Waals surface area (Å²) in [6.07, 6.45) is 0. The SMILES string of the molecule is O=C(c1ccc(F)cc1)C(SSC(C(=O)c1ccc(F)cc1)C(=O)c1ccc(F)cc1)C(=O)c1ccc(F)cc1. The molecule has 0 spiro atoms. The monoisotopic (exact) mass is 582 g/mol. The summed E-state index contributed by atoms with van der Waals surface area (Å²) in [5, 5.41) is -3.02. The zero-order valence-corrected chi connectivity index (χ0v) is 22.0. The Bertz CT molecular complexity index is 1310. The van der Waals surface area contributed by atoms with Crippen molar-refractivity contribution in [3.63, 3.8) is 0 Å². The third-order valence-electron chi connectivity index (χ3n) is 5.72. The van der Waals surface area contributed by atoms with Gasteiger partial charge in [-0.25, -0.2) is 17.6 Å². The second-order valence-electron chi connectivity index (χ2n) is 8.44. The Kier molecular flexibility index (Phi) is 9.34. The van der Waals surface area contributed by atoms with Gasteiger partial charge in [-0.15, -0.1) is 0 Å². The van der Waals surface area contributed by atoms with Gasteiger partial charge in [0.2, 0.25) is 0 Å². The normalized spacial score (nSPS) is 11.1. The van der Waals surface area contributed by atoms with E-state index in [0.717, 1.165) is 48.5 Å². The molecule has 0 heterocycles. The van der Waals surface area contributed by atoms with Crippen molar-refractivity contribution in [2.45, 2.75) is 10.5 Å². The topological polar surface area (TPSA) is 68.3 Å². The van der Waals surface area contributed by atoms with Crippen LogP contribution >= 0.6 is 21.6 Å². The molecule has 0 radical (unpaired) electrons. The van der Waals surface area contributed by atoms with Crippen LogP contribution in [0.15, 0.2) is 97.1 Å². The summed E-state index contributed by atoms with van der Waals surface area (Å²) in [5.74, 6) is -5.32. The number of rotatable bonds is 11. The number of halogens is 4. The van der Waals surface area contributed by atoms with E-state index in [1.54, 1.807) is 0 Å². The minimum absolute atomic E-state index is 0.00114. The molecule has 0 fully saturated rings. The van der Waals surface area contributed by atoms with Crippen LogP contribution in [0.5, 0.6) is 0 Å². The maximum Gasteiger partial charge on any atom is 0.184 e. The fraction of sp³-hybridized carbons (Fsp3) is 0.0667. The number of Topliss-reactive ketones (excluding diaryl/α,β-unsaturated/α-hetero) is 4. The van der Waals surface area contributed by atoms with Gasteiger partial charge in [-0.3, -0.25) is 19.2 Å². The molecule has 10 heteroatoms. The van der Waals surface area contributed by atoms with Crippen molar-refractivity contribution in [1.29, 1.82) is 0 Å². The molecule has 0 bridgehead atoms. The van der Waals surface area contributed by atoms with Crippen molar-refractivity contribution < 1.29 is 36.7 Å². The standard InChI is InChI=1S/C30H18F4O4S2/c31-21-9-1-17(2-10-21)25(35)29(26(36)18-3-11-22(32)12-4-18)39-40-30(27(37)19-5-13-23(33)14-6-19)28(38)20-7-15-24(34)16-8-20/h1-16,29-30H. The third-order valence-corrected chi connectivity index (χ3v) is 8.56. The molecule has 0 aliphatic rings. The zero-order chi connectivity index (χ0) is 28.8. The van der Waals surface area contributed by atoms with E-state index in [2.05, 4.69) is 0 Å². The first-order valence-corrected chi connectivity index (χ1v) is 13.9. The number of carbonyl (C=O) groups is 4. The zero-order valence-electron chi connectivity index (χ0n) is 20.4. The van der Waals surface area contributed by atoms with Crippen LogP contribution in [0.3, 0.4) is 0 Å². The quantitative estimate of drug-likeness (QED) is 0.0807. The van der Waals surface area contributed by atoms with E-state index in [1.807, 2.05) is 0 Å². The van der Waals surface area contributed by atoms with Crippen molar-refractivity contribution in [3.8, 4) is 0 Å². The highest BCUT2D eigenvalue weighted by molar-refractivity contribution is 8.77. The Balaban J connectivity index is 1.69. The minimum atomic E-state index is -1.51. The van der Waals surface area contributed by atoms with Crippen molar-refractivity contribution in [2.24, 2.45) is 0 Å². The Morgan fingerprint density at radius 2 is 0.550 bits per heavy atom. The van der Waals surface area contributed by atoms with Gasteiger partial charge in [-0.2, -0.15) is 0 Å². The van der Waals surface area contributed by atoms with Crippen LogP contribution in [0.25, 0.3) is 0 Å². The summed E-state index contributed by atoms with van der Waals surface area (Å²) in [6, 6.07) is 17.9. The van der Waals surface area contributed by atoms with Gasteiger partial charge in [0, 0.05) is 22.3 Å². The fourth-order valence-electron chi connectivity index (χ4n) is 3.59. The van der Waals surface area contributed by atoms with E-state index < -0.39 is 56.9 Å². The molecule has 0 amide bonds. The summed E-state index contributed by atoms with van der Waals surface area (Å²) in [6.45, 7) is 0. The summed E-state index contributed by atoms with van der Waals surface area (Å²) in [5.41, 5.74) is 0.00457. The Hall–Kier alpha value is -4.02. The maximum atomic E-state index is 13.5. The highest BCUT2D eigenvalue weighted by Gasteiger charge is 2.35. The molecular formula is C30H18F4O4S2. The van der Waals surface area contributed by atoms with Gasteiger partial charge < -0.3 is 0 Å². The maximum absolute atomic E-state index is 13.5. The van der Waals surface area contributed by atoms with Gasteiger partial charge in [-0.05, 0) is 97.1 Å². The number of hydrogen-bond donors (Lipinski definition) is 0. The van der Waals surface area contributed by atoms with E-state index in [4.69, 9.17) is 0 Å². The molecule has 0 atom stereocenters. The van der Waals surface area contributed by atoms with Crippen LogP contribution in [-0.2, 0) is 0 Å². The average Bonchev–Trinajstić information content (AvgIpc) is 2.96. The van der Waals surface area contributed by atoms with E-state index in [9.17, 15) is 36.7 Å². The smallest absolute Gasteiger partial charge is 0.184 e. The molecule has 0 unspecified atom stereocenters. The van der Waals surface area contributed by atoms with Crippen LogP contribution in [-0.4, -0.2) is 33.6 Å². The first-order valence-electron chi connectivity index (χ1n) is 11.7. The van der Waals surface area contributed by atoms with Crippen molar-refractivity contribution >= 4 is 44.7 Å². The predicted molar refractivity (Wildman–Crippen MR) is 146 cm³/mol. The number of hydrogen-bond acceptors (Lipinski definition) is 6. The minimum Gasteiger partial charge on any atom is -0.292 e. The summed E-state index contributed by atoms with van der Waals surface area (Å²) in [4.78, 5) is 53.6. The van der Waals surface area contributed by atoms with E-state index >= 15 is 0 Å². The molecule has 4 nitrogen and oxygen atoms in total. The lowest BCUT2D eigenvalue weighted by molar-refractivity contribution is 0.0886. The summed E-state index contributed by atoms with van der Waals surface area (Å²) >= 11 is 0. The average molecular weight is 583 g/mol. The van der Waals surface area contributed by atoms with E-state index in [1.165, 1.54) is 48.5 Å². The summed E-state index contributed by atoms with van der Waals surface area (Å²) in [7, 11) is 1.27. The Labute approximate surface area is 234 Å². The number of benzene rings is 4. The van der Waals surface area contributed by atoms with Crippen LogP contribution in [0, 0.1) is 23.3 Å². The van der Waals surface area contributed by atoms with E-state index in [-0.39, 0.29) is 22.3 Å². The highest BCUT2D eigenvalue weighted by Crippen LogP contribution is 2.37.